The maximum Gasteiger partial charge on any atom is 0.243 e. The Balaban J connectivity index is 1.67. The van der Waals surface area contributed by atoms with Gasteiger partial charge >= 0.3 is 0 Å². The molecule has 2 aromatic carbocycles. The molecule has 2 aromatic rings. The number of rotatable bonds is 6. The number of hydrogen-bond donors (Lipinski definition) is 0. The summed E-state index contributed by atoms with van der Waals surface area (Å²) in [4.78, 5) is 14.5. The normalized spacial score (nSPS) is 15.6. The van der Waals surface area contributed by atoms with Crippen molar-refractivity contribution in [3.05, 3.63) is 58.6 Å². The van der Waals surface area contributed by atoms with Crippen LogP contribution < -0.4 is 4.31 Å². The monoisotopic (exact) mass is 529 g/mol. The van der Waals surface area contributed by atoms with Crippen LogP contribution in [0.5, 0.6) is 0 Å². The largest absolute Gasteiger partial charge is 0.338 e. The van der Waals surface area contributed by atoms with Crippen molar-refractivity contribution in [2.24, 2.45) is 0 Å². The van der Waals surface area contributed by atoms with E-state index in [2.05, 4.69) is 15.9 Å². The number of amides is 1. The van der Waals surface area contributed by atoms with Gasteiger partial charge < -0.3 is 4.90 Å². The summed E-state index contributed by atoms with van der Waals surface area (Å²) >= 11 is 3.30. The number of sulfonamides is 2. The Hall–Kier alpha value is -1.95. The molecule has 31 heavy (non-hydrogen) atoms. The van der Waals surface area contributed by atoms with Gasteiger partial charge in [-0.3, -0.25) is 9.10 Å². The molecule has 0 bridgehead atoms. The van der Waals surface area contributed by atoms with Crippen LogP contribution in [-0.2, 0) is 24.8 Å². The van der Waals surface area contributed by atoms with Gasteiger partial charge in [0.25, 0.3) is 0 Å². The predicted octanol–water partition coefficient (Wildman–Crippen LogP) is 2.06. The maximum atomic E-state index is 12.8. The summed E-state index contributed by atoms with van der Waals surface area (Å²) in [5, 5.41) is 0. The number of piperazine rings is 1. The molecule has 0 radical (unpaired) electrons. The molecule has 0 saturated carbocycles. The minimum Gasteiger partial charge on any atom is -0.338 e. The zero-order chi connectivity index (χ0) is 22.8. The quantitative estimate of drug-likeness (QED) is 0.570. The van der Waals surface area contributed by atoms with Gasteiger partial charge in [0.15, 0.2) is 0 Å². The molecule has 1 heterocycles. The molecule has 0 aliphatic carbocycles. The maximum absolute atomic E-state index is 12.8. The lowest BCUT2D eigenvalue weighted by molar-refractivity contribution is -0.130. The molecule has 1 aliphatic heterocycles. The molecule has 0 aromatic heterocycles. The first-order valence-corrected chi connectivity index (χ1v) is 13.6. The van der Waals surface area contributed by atoms with E-state index in [9.17, 15) is 21.6 Å². The van der Waals surface area contributed by atoms with E-state index in [1.165, 1.54) is 9.21 Å². The van der Waals surface area contributed by atoms with Crippen molar-refractivity contribution in [1.29, 1.82) is 0 Å². The van der Waals surface area contributed by atoms with Crippen LogP contribution in [0, 0.1) is 6.92 Å². The molecule has 3 rings (SSSR count). The Morgan fingerprint density at radius 2 is 1.48 bits per heavy atom. The van der Waals surface area contributed by atoms with Crippen LogP contribution in [-0.4, -0.2) is 70.9 Å². The Bertz CT molecular complexity index is 1140. The molecule has 0 N–H and O–H groups in total. The number of nitrogens with zero attached hydrogens (tertiary/aromatic N) is 3. The third-order valence-corrected chi connectivity index (χ3v) is 8.63. The zero-order valence-corrected chi connectivity index (χ0v) is 20.5. The van der Waals surface area contributed by atoms with Crippen molar-refractivity contribution in [3.8, 4) is 0 Å². The van der Waals surface area contributed by atoms with Crippen LogP contribution >= 0.6 is 15.9 Å². The van der Waals surface area contributed by atoms with Gasteiger partial charge in [-0.05, 0) is 43.3 Å². The molecule has 1 fully saturated rings. The fraction of sp³-hybridized carbons (Fsp3) is 0.350. The van der Waals surface area contributed by atoms with Gasteiger partial charge in [0.1, 0.15) is 6.54 Å². The number of carbonyl (C=O) groups is 1. The van der Waals surface area contributed by atoms with Crippen LogP contribution in [0.3, 0.4) is 0 Å². The summed E-state index contributed by atoms with van der Waals surface area (Å²) in [7, 11) is -7.31. The number of hydrogen-bond acceptors (Lipinski definition) is 5. The van der Waals surface area contributed by atoms with Gasteiger partial charge in [-0.15, -0.1) is 0 Å². The van der Waals surface area contributed by atoms with E-state index in [1.54, 1.807) is 48.5 Å². The van der Waals surface area contributed by atoms with Crippen LogP contribution in [0.4, 0.5) is 5.69 Å². The number of aryl methyl sites for hydroxylation is 1. The predicted molar refractivity (Wildman–Crippen MR) is 123 cm³/mol. The smallest absolute Gasteiger partial charge is 0.243 e. The highest BCUT2D eigenvalue weighted by molar-refractivity contribution is 9.10. The van der Waals surface area contributed by atoms with Gasteiger partial charge in [0, 0.05) is 30.7 Å². The average Bonchev–Trinajstić information content (AvgIpc) is 2.72. The third-order valence-electron chi connectivity index (χ3n) is 5.04. The highest BCUT2D eigenvalue weighted by atomic mass is 79.9. The van der Waals surface area contributed by atoms with E-state index in [4.69, 9.17) is 0 Å². The van der Waals surface area contributed by atoms with Gasteiger partial charge in [-0.1, -0.05) is 33.6 Å². The van der Waals surface area contributed by atoms with E-state index in [0.29, 0.717) is 5.69 Å². The fourth-order valence-corrected chi connectivity index (χ4v) is 5.80. The average molecular weight is 530 g/mol. The van der Waals surface area contributed by atoms with E-state index in [-0.39, 0.29) is 43.5 Å². The summed E-state index contributed by atoms with van der Waals surface area (Å²) in [6, 6.07) is 13.3. The minimum absolute atomic E-state index is 0.152. The second-order valence-electron chi connectivity index (χ2n) is 7.34. The summed E-state index contributed by atoms with van der Waals surface area (Å²) in [5.74, 6) is -0.374. The molecule has 0 unspecified atom stereocenters. The van der Waals surface area contributed by atoms with E-state index in [0.717, 1.165) is 20.6 Å². The van der Waals surface area contributed by atoms with Gasteiger partial charge in [-0.25, -0.2) is 16.8 Å². The van der Waals surface area contributed by atoms with E-state index in [1.807, 2.05) is 6.92 Å². The second kappa shape index (κ2) is 9.27. The molecule has 0 atom stereocenters. The van der Waals surface area contributed by atoms with Crippen LogP contribution in [0.15, 0.2) is 57.9 Å². The highest BCUT2D eigenvalue weighted by Gasteiger charge is 2.31. The van der Waals surface area contributed by atoms with E-state index < -0.39 is 20.0 Å². The Labute approximate surface area is 191 Å². The molecule has 11 heteroatoms. The summed E-state index contributed by atoms with van der Waals surface area (Å²) < 4.78 is 53.4. The van der Waals surface area contributed by atoms with Crippen molar-refractivity contribution in [2.45, 2.75) is 11.8 Å². The van der Waals surface area contributed by atoms with Gasteiger partial charge in [0.05, 0.1) is 16.8 Å². The van der Waals surface area contributed by atoms with Crippen molar-refractivity contribution in [3.63, 3.8) is 0 Å². The molecule has 0 spiro atoms. The highest BCUT2D eigenvalue weighted by Crippen LogP contribution is 2.22. The molecular weight excluding hydrogens is 506 g/mol. The number of halogens is 1. The summed E-state index contributed by atoms with van der Waals surface area (Å²) in [6.07, 6.45) is 1.05. The first-order valence-electron chi connectivity index (χ1n) is 9.56. The van der Waals surface area contributed by atoms with Gasteiger partial charge in [0.2, 0.25) is 26.0 Å². The lowest BCUT2D eigenvalue weighted by atomic mass is 10.2. The molecule has 8 nitrogen and oxygen atoms in total. The topological polar surface area (TPSA) is 95.1 Å². The van der Waals surface area contributed by atoms with Crippen LogP contribution in [0.2, 0.25) is 0 Å². The molecular formula is C20H24BrN3O5S2. The second-order valence-corrected chi connectivity index (χ2v) is 12.1. The fourth-order valence-electron chi connectivity index (χ4n) is 3.27. The lowest BCUT2D eigenvalue weighted by Gasteiger charge is -2.35. The zero-order valence-electron chi connectivity index (χ0n) is 17.2. The Morgan fingerprint density at radius 3 is 2.00 bits per heavy atom. The minimum atomic E-state index is -3.67. The van der Waals surface area contributed by atoms with E-state index >= 15 is 0 Å². The lowest BCUT2D eigenvalue weighted by Crippen LogP contribution is -2.53. The Kier molecular flexibility index (Phi) is 7.09. The summed E-state index contributed by atoms with van der Waals surface area (Å²) in [5.41, 5.74) is 1.36. The van der Waals surface area contributed by atoms with Crippen molar-refractivity contribution in [1.82, 2.24) is 9.21 Å². The number of anilines is 1. The van der Waals surface area contributed by atoms with Crippen molar-refractivity contribution in [2.75, 3.05) is 43.3 Å². The SMILES string of the molecule is Cc1ccc(S(=O)(=O)N2CCN(C(=O)CN(c3ccc(Br)cc3)S(C)(=O)=O)CC2)cc1. The molecule has 168 valence electrons. The molecule has 1 amide bonds. The number of carbonyl (C=O) groups excluding carboxylic acids is 1. The first-order chi connectivity index (χ1) is 14.5. The molecule has 1 saturated heterocycles. The standard InChI is InChI=1S/C20H24BrN3O5S2/c1-16-3-9-19(10-4-16)31(28,29)23-13-11-22(12-14-23)20(25)15-24(30(2,26)27)18-7-5-17(21)6-8-18/h3-10H,11-15H2,1-2H3. The number of benzene rings is 2. The summed E-state index contributed by atoms with van der Waals surface area (Å²) in [6.45, 7) is 2.24. The first kappa shape index (κ1) is 23.7. The van der Waals surface area contributed by atoms with Crippen LogP contribution in [0.1, 0.15) is 5.56 Å². The Morgan fingerprint density at radius 1 is 0.935 bits per heavy atom. The van der Waals surface area contributed by atoms with Crippen LogP contribution in [0.25, 0.3) is 0 Å². The van der Waals surface area contributed by atoms with Gasteiger partial charge in [-0.2, -0.15) is 4.31 Å². The molecule has 1 aliphatic rings. The third kappa shape index (κ3) is 5.65. The van der Waals surface area contributed by atoms with Crippen molar-refractivity contribution >= 4 is 47.6 Å². The van der Waals surface area contributed by atoms with Crippen molar-refractivity contribution < 1.29 is 21.6 Å².